The first-order chi connectivity index (χ1) is 15.8. The van der Waals surface area contributed by atoms with Crippen LogP contribution in [0, 0.1) is 5.82 Å². The van der Waals surface area contributed by atoms with Crippen LogP contribution >= 0.6 is 0 Å². The maximum Gasteiger partial charge on any atom is 0.249 e. The van der Waals surface area contributed by atoms with Gasteiger partial charge in [0.1, 0.15) is 17.6 Å². The van der Waals surface area contributed by atoms with Crippen LogP contribution < -0.4 is 15.0 Å². The van der Waals surface area contributed by atoms with Gasteiger partial charge in [-0.2, -0.15) is 0 Å². The molecule has 4 rings (SSSR count). The molecule has 8 heteroatoms. The molecule has 3 aromatic carbocycles. The van der Waals surface area contributed by atoms with Crippen LogP contribution in [0.5, 0.6) is 5.75 Å². The standard InChI is InChI=1S/C25H25FN2O4S/c1-32-19-12-10-18(11-13-19)27-22-7-5-15-28(25(22)29)23-14-9-17(16-21(23)26)20-6-3-4-8-24(20)33(2,30)31/h3-4,6,8-14,16,22,27H,5,7,15H2,1-2H3. The smallest absolute Gasteiger partial charge is 0.249 e. The minimum absolute atomic E-state index is 0.134. The van der Waals surface area contributed by atoms with Gasteiger partial charge in [0, 0.05) is 24.1 Å². The molecule has 1 atom stereocenters. The summed E-state index contributed by atoms with van der Waals surface area (Å²) in [5, 5.41) is 3.23. The topological polar surface area (TPSA) is 75.7 Å². The highest BCUT2D eigenvalue weighted by Crippen LogP contribution is 2.32. The zero-order chi connectivity index (χ0) is 23.6. The number of ether oxygens (including phenoxy) is 1. The molecular formula is C25H25FN2O4S. The predicted octanol–water partition coefficient (Wildman–Crippen LogP) is 4.51. The largest absolute Gasteiger partial charge is 0.497 e. The van der Waals surface area contributed by atoms with E-state index in [-0.39, 0.29) is 16.5 Å². The molecule has 0 radical (unpaired) electrons. The number of rotatable bonds is 6. The number of carbonyl (C=O) groups excluding carboxylic acids is 1. The van der Waals surface area contributed by atoms with Gasteiger partial charge in [-0.15, -0.1) is 0 Å². The van der Waals surface area contributed by atoms with Crippen LogP contribution in [0.2, 0.25) is 0 Å². The van der Waals surface area contributed by atoms with Gasteiger partial charge in [-0.25, -0.2) is 12.8 Å². The molecule has 1 fully saturated rings. The van der Waals surface area contributed by atoms with Crippen LogP contribution in [0.25, 0.3) is 11.1 Å². The van der Waals surface area contributed by atoms with Gasteiger partial charge in [-0.1, -0.05) is 24.3 Å². The molecule has 1 N–H and O–H groups in total. The summed E-state index contributed by atoms with van der Waals surface area (Å²) in [6, 6.07) is 17.8. The molecule has 0 aliphatic carbocycles. The fourth-order valence-electron chi connectivity index (χ4n) is 4.06. The second-order valence-corrected chi connectivity index (χ2v) is 9.98. The zero-order valence-corrected chi connectivity index (χ0v) is 19.2. The maximum atomic E-state index is 15.2. The van der Waals surface area contributed by atoms with E-state index in [4.69, 9.17) is 4.74 Å². The van der Waals surface area contributed by atoms with E-state index in [9.17, 15) is 13.2 Å². The Morgan fingerprint density at radius 3 is 2.45 bits per heavy atom. The van der Waals surface area contributed by atoms with Crippen molar-refractivity contribution in [2.24, 2.45) is 0 Å². The lowest BCUT2D eigenvalue weighted by atomic mass is 10.0. The molecule has 1 unspecified atom stereocenters. The fourth-order valence-corrected chi connectivity index (χ4v) is 4.97. The molecule has 3 aromatic rings. The third-order valence-electron chi connectivity index (χ3n) is 5.71. The highest BCUT2D eigenvalue weighted by Gasteiger charge is 2.31. The third kappa shape index (κ3) is 4.85. The van der Waals surface area contributed by atoms with Gasteiger partial charge in [0.2, 0.25) is 5.91 Å². The first-order valence-corrected chi connectivity index (χ1v) is 12.5. The summed E-state index contributed by atoms with van der Waals surface area (Å²) in [6.45, 7) is 0.413. The summed E-state index contributed by atoms with van der Waals surface area (Å²) < 4.78 is 44.6. The molecule has 1 saturated heterocycles. The number of nitrogens with one attached hydrogen (secondary N) is 1. The minimum atomic E-state index is -3.48. The van der Waals surface area contributed by atoms with Crippen molar-refractivity contribution in [3.63, 3.8) is 0 Å². The summed E-state index contributed by atoms with van der Waals surface area (Å²) in [4.78, 5) is 14.7. The van der Waals surface area contributed by atoms with Gasteiger partial charge >= 0.3 is 0 Å². The molecular weight excluding hydrogens is 443 g/mol. The van der Waals surface area contributed by atoms with Gasteiger partial charge in [-0.05, 0) is 60.9 Å². The van der Waals surface area contributed by atoms with Crippen LogP contribution in [0.3, 0.4) is 0 Å². The van der Waals surface area contributed by atoms with Crippen LogP contribution in [-0.4, -0.2) is 40.3 Å². The number of methoxy groups -OCH3 is 1. The number of anilines is 2. The lowest BCUT2D eigenvalue weighted by Gasteiger charge is -2.33. The molecule has 33 heavy (non-hydrogen) atoms. The molecule has 0 bridgehead atoms. The van der Waals surface area contributed by atoms with E-state index in [0.29, 0.717) is 24.1 Å². The number of benzene rings is 3. The fraction of sp³-hybridized carbons (Fsp3) is 0.240. The van der Waals surface area contributed by atoms with E-state index in [0.717, 1.165) is 24.1 Å². The molecule has 0 saturated carbocycles. The lowest BCUT2D eigenvalue weighted by molar-refractivity contribution is -0.120. The molecule has 1 heterocycles. The zero-order valence-electron chi connectivity index (χ0n) is 18.4. The summed E-state index contributed by atoms with van der Waals surface area (Å²) in [5.74, 6) is -0.0636. The van der Waals surface area contributed by atoms with E-state index in [1.807, 2.05) is 12.1 Å². The molecule has 1 aliphatic rings. The number of amides is 1. The van der Waals surface area contributed by atoms with Gasteiger partial charge in [-0.3, -0.25) is 4.79 Å². The van der Waals surface area contributed by atoms with Crippen molar-refractivity contribution in [1.29, 1.82) is 0 Å². The van der Waals surface area contributed by atoms with Gasteiger partial charge < -0.3 is 15.0 Å². The number of hydrogen-bond donors (Lipinski definition) is 1. The van der Waals surface area contributed by atoms with Crippen LogP contribution in [0.4, 0.5) is 15.8 Å². The average molecular weight is 469 g/mol. The van der Waals surface area contributed by atoms with Gasteiger partial charge in [0.15, 0.2) is 9.84 Å². The second-order valence-electron chi connectivity index (χ2n) is 7.99. The Morgan fingerprint density at radius 1 is 1.06 bits per heavy atom. The molecule has 6 nitrogen and oxygen atoms in total. The Labute approximate surface area is 192 Å². The Kier molecular flexibility index (Phi) is 6.37. The molecule has 1 aliphatic heterocycles. The van der Waals surface area contributed by atoms with Crippen molar-refractivity contribution in [2.75, 3.05) is 30.1 Å². The van der Waals surface area contributed by atoms with Crippen molar-refractivity contribution in [3.05, 3.63) is 72.5 Å². The number of nitrogens with zero attached hydrogens (tertiary/aromatic N) is 1. The average Bonchev–Trinajstić information content (AvgIpc) is 2.80. The minimum Gasteiger partial charge on any atom is -0.497 e. The van der Waals surface area contributed by atoms with E-state index in [2.05, 4.69) is 5.32 Å². The normalized spacial score (nSPS) is 16.5. The predicted molar refractivity (Wildman–Crippen MR) is 127 cm³/mol. The van der Waals surface area contributed by atoms with Gasteiger partial charge in [0.25, 0.3) is 0 Å². The first-order valence-electron chi connectivity index (χ1n) is 10.6. The number of piperidine rings is 1. The van der Waals surface area contributed by atoms with E-state index in [1.54, 1.807) is 43.5 Å². The SMILES string of the molecule is COc1ccc(NC2CCCN(c3ccc(-c4ccccc4S(C)(=O)=O)cc3F)C2=O)cc1. The second kappa shape index (κ2) is 9.23. The summed E-state index contributed by atoms with van der Waals surface area (Å²) in [5.41, 5.74) is 1.83. The van der Waals surface area contributed by atoms with Gasteiger partial charge in [0.05, 0.1) is 17.7 Å². The quantitative estimate of drug-likeness (QED) is 0.576. The Balaban J connectivity index is 1.58. The van der Waals surface area contributed by atoms with Crippen molar-refractivity contribution in [2.45, 2.75) is 23.8 Å². The lowest BCUT2D eigenvalue weighted by Crippen LogP contribution is -2.48. The molecule has 1 amide bonds. The van der Waals surface area contributed by atoms with Crippen molar-refractivity contribution in [3.8, 4) is 16.9 Å². The van der Waals surface area contributed by atoms with Crippen LogP contribution in [-0.2, 0) is 14.6 Å². The first kappa shape index (κ1) is 22.8. The van der Waals surface area contributed by atoms with E-state index < -0.39 is 21.7 Å². The Bertz CT molecular complexity index is 1280. The Hall–Kier alpha value is -3.39. The monoisotopic (exact) mass is 468 g/mol. The number of hydrogen-bond acceptors (Lipinski definition) is 5. The van der Waals surface area contributed by atoms with Crippen molar-refractivity contribution in [1.82, 2.24) is 0 Å². The van der Waals surface area contributed by atoms with Crippen LogP contribution in [0.15, 0.2) is 71.6 Å². The summed E-state index contributed by atoms with van der Waals surface area (Å²) in [6.07, 6.45) is 2.49. The number of carbonyl (C=O) groups is 1. The van der Waals surface area contributed by atoms with Crippen molar-refractivity contribution < 1.29 is 22.3 Å². The molecule has 0 spiro atoms. The Morgan fingerprint density at radius 2 is 1.79 bits per heavy atom. The van der Waals surface area contributed by atoms with E-state index in [1.165, 1.54) is 23.1 Å². The molecule has 0 aromatic heterocycles. The third-order valence-corrected chi connectivity index (χ3v) is 6.86. The highest BCUT2D eigenvalue weighted by molar-refractivity contribution is 7.90. The summed E-state index contributed by atoms with van der Waals surface area (Å²) >= 11 is 0. The van der Waals surface area contributed by atoms with Crippen molar-refractivity contribution >= 4 is 27.1 Å². The van der Waals surface area contributed by atoms with E-state index >= 15 is 4.39 Å². The molecule has 172 valence electrons. The number of sulfone groups is 1. The number of halogens is 1. The highest BCUT2D eigenvalue weighted by atomic mass is 32.2. The van der Waals surface area contributed by atoms with Crippen LogP contribution in [0.1, 0.15) is 12.8 Å². The maximum absolute atomic E-state index is 15.2. The summed E-state index contributed by atoms with van der Waals surface area (Å²) in [7, 11) is -1.89.